The van der Waals surface area contributed by atoms with Gasteiger partial charge in [0.1, 0.15) is 0 Å². The van der Waals surface area contributed by atoms with Crippen molar-refractivity contribution in [2.24, 2.45) is 0 Å². The Morgan fingerprint density at radius 3 is 2.80 bits per heavy atom. The molecule has 1 atom stereocenters. The quantitative estimate of drug-likeness (QED) is 0.799. The molecule has 0 aliphatic carbocycles. The van der Waals surface area contributed by atoms with E-state index in [1.54, 1.807) is 11.8 Å². The Hall–Kier alpha value is -1.32. The molecule has 0 fully saturated rings. The fourth-order valence-electron chi connectivity index (χ4n) is 2.12. The summed E-state index contributed by atoms with van der Waals surface area (Å²) >= 11 is 1.80. The van der Waals surface area contributed by atoms with E-state index in [1.165, 1.54) is 16.7 Å². The molecule has 106 valence electrons. The number of nitrogens with zero attached hydrogens (tertiary/aromatic N) is 1. The summed E-state index contributed by atoms with van der Waals surface area (Å²) in [5.74, 6) is 0.971. The van der Waals surface area contributed by atoms with E-state index in [0.717, 1.165) is 17.3 Å². The largest absolute Gasteiger partial charge is 0.310 e. The van der Waals surface area contributed by atoms with Gasteiger partial charge in [-0.05, 0) is 49.2 Å². The van der Waals surface area contributed by atoms with Crippen molar-refractivity contribution in [3.8, 4) is 0 Å². The maximum Gasteiger partial charge on any atom is 0.0966 e. The van der Waals surface area contributed by atoms with Gasteiger partial charge in [-0.3, -0.25) is 0 Å². The van der Waals surface area contributed by atoms with Crippen LogP contribution in [0, 0.1) is 6.92 Å². The van der Waals surface area contributed by atoms with Crippen LogP contribution in [0.15, 0.2) is 47.6 Å². The van der Waals surface area contributed by atoms with Gasteiger partial charge in [0.05, 0.1) is 5.03 Å². The lowest BCUT2D eigenvalue weighted by Gasteiger charge is -2.13. The smallest absolute Gasteiger partial charge is 0.0966 e. The molecule has 0 aliphatic rings. The van der Waals surface area contributed by atoms with Crippen LogP contribution in [0.3, 0.4) is 0 Å². The van der Waals surface area contributed by atoms with Gasteiger partial charge in [0.25, 0.3) is 0 Å². The molecule has 2 aromatic rings. The lowest BCUT2D eigenvalue weighted by Crippen LogP contribution is -2.17. The third-order valence-electron chi connectivity index (χ3n) is 3.41. The standard InChI is InChI=1S/C17H22N2S/c1-4-18-14(3)15-9-10-19-17(11-15)20-12-16-8-6-5-7-13(16)2/h5-11,14,18H,4,12H2,1-3H3. The number of aryl methyl sites for hydroxylation is 1. The molecule has 0 amide bonds. The monoisotopic (exact) mass is 286 g/mol. The zero-order valence-electron chi connectivity index (χ0n) is 12.4. The fraction of sp³-hybridized carbons (Fsp3) is 0.353. The number of benzene rings is 1. The maximum atomic E-state index is 4.46. The summed E-state index contributed by atoms with van der Waals surface area (Å²) in [5, 5.41) is 4.53. The summed E-state index contributed by atoms with van der Waals surface area (Å²) in [5.41, 5.74) is 4.02. The van der Waals surface area contributed by atoms with Gasteiger partial charge in [0.2, 0.25) is 0 Å². The minimum absolute atomic E-state index is 0.376. The highest BCUT2D eigenvalue weighted by Crippen LogP contribution is 2.24. The Bertz CT molecular complexity index is 554. The number of rotatable bonds is 6. The van der Waals surface area contributed by atoms with Crippen LogP contribution in [0.5, 0.6) is 0 Å². The number of thioether (sulfide) groups is 1. The van der Waals surface area contributed by atoms with Gasteiger partial charge in [-0.15, -0.1) is 11.8 Å². The molecule has 1 aromatic carbocycles. The van der Waals surface area contributed by atoms with Crippen LogP contribution in [-0.2, 0) is 5.75 Å². The molecule has 2 nitrogen and oxygen atoms in total. The van der Waals surface area contributed by atoms with Crippen LogP contribution < -0.4 is 5.32 Å². The average Bonchev–Trinajstić information content (AvgIpc) is 2.47. The molecule has 1 N–H and O–H groups in total. The number of aromatic nitrogens is 1. The molecule has 1 aromatic heterocycles. The lowest BCUT2D eigenvalue weighted by molar-refractivity contribution is 0.596. The van der Waals surface area contributed by atoms with Gasteiger partial charge in [0, 0.05) is 18.0 Å². The highest BCUT2D eigenvalue weighted by atomic mass is 32.2. The van der Waals surface area contributed by atoms with Gasteiger partial charge in [-0.1, -0.05) is 31.2 Å². The topological polar surface area (TPSA) is 24.9 Å². The van der Waals surface area contributed by atoms with Crippen LogP contribution in [0.25, 0.3) is 0 Å². The van der Waals surface area contributed by atoms with Gasteiger partial charge in [-0.2, -0.15) is 0 Å². The summed E-state index contributed by atoms with van der Waals surface area (Å²) in [6, 6.07) is 13.2. The predicted molar refractivity (Wildman–Crippen MR) is 87.1 cm³/mol. The first-order valence-electron chi connectivity index (χ1n) is 7.07. The average molecular weight is 286 g/mol. The van der Waals surface area contributed by atoms with Crippen LogP contribution >= 0.6 is 11.8 Å². The third kappa shape index (κ3) is 4.09. The number of nitrogens with one attached hydrogen (secondary N) is 1. The van der Waals surface area contributed by atoms with E-state index in [4.69, 9.17) is 0 Å². The molecule has 0 bridgehead atoms. The summed E-state index contributed by atoms with van der Waals surface area (Å²) in [6.45, 7) is 7.46. The molecule has 2 rings (SSSR count). The Balaban J connectivity index is 2.03. The van der Waals surface area contributed by atoms with Gasteiger partial charge >= 0.3 is 0 Å². The Kier molecular flexibility index (Phi) is 5.62. The highest BCUT2D eigenvalue weighted by molar-refractivity contribution is 7.98. The summed E-state index contributed by atoms with van der Waals surface area (Å²) in [7, 11) is 0. The van der Waals surface area contributed by atoms with E-state index in [1.807, 2.05) is 6.20 Å². The SMILES string of the molecule is CCNC(C)c1ccnc(SCc2ccccc2C)c1. The maximum absolute atomic E-state index is 4.46. The van der Waals surface area contributed by atoms with Crippen molar-refractivity contribution < 1.29 is 0 Å². The second kappa shape index (κ2) is 7.46. The zero-order valence-corrected chi connectivity index (χ0v) is 13.2. The Morgan fingerprint density at radius 2 is 2.05 bits per heavy atom. The molecule has 0 spiro atoms. The van der Waals surface area contributed by atoms with Crippen LogP contribution in [-0.4, -0.2) is 11.5 Å². The molecular weight excluding hydrogens is 264 g/mol. The molecule has 0 saturated carbocycles. The molecule has 0 saturated heterocycles. The van der Waals surface area contributed by atoms with Crippen molar-refractivity contribution in [1.82, 2.24) is 10.3 Å². The first kappa shape index (κ1) is 15.1. The predicted octanol–water partition coefficient (Wildman–Crippen LogP) is 4.35. The molecule has 1 unspecified atom stereocenters. The van der Waals surface area contributed by atoms with E-state index in [9.17, 15) is 0 Å². The summed E-state index contributed by atoms with van der Waals surface area (Å²) < 4.78 is 0. The van der Waals surface area contributed by atoms with E-state index >= 15 is 0 Å². The van der Waals surface area contributed by atoms with Gasteiger partial charge in [0.15, 0.2) is 0 Å². The summed E-state index contributed by atoms with van der Waals surface area (Å²) in [4.78, 5) is 4.46. The zero-order chi connectivity index (χ0) is 14.4. The molecule has 3 heteroatoms. The Labute approximate surface area is 126 Å². The minimum Gasteiger partial charge on any atom is -0.310 e. The molecule has 0 radical (unpaired) electrons. The van der Waals surface area contributed by atoms with Crippen molar-refractivity contribution in [3.05, 3.63) is 59.3 Å². The summed E-state index contributed by atoms with van der Waals surface area (Å²) in [6.07, 6.45) is 1.91. The van der Waals surface area contributed by atoms with Crippen molar-refractivity contribution in [3.63, 3.8) is 0 Å². The number of hydrogen-bond donors (Lipinski definition) is 1. The molecule has 0 aliphatic heterocycles. The second-order valence-corrected chi connectivity index (χ2v) is 5.92. The molecule has 1 heterocycles. The highest BCUT2D eigenvalue weighted by Gasteiger charge is 2.06. The number of pyridine rings is 1. The van der Waals surface area contributed by atoms with E-state index in [0.29, 0.717) is 6.04 Å². The third-order valence-corrected chi connectivity index (χ3v) is 4.38. The van der Waals surface area contributed by atoms with Gasteiger partial charge < -0.3 is 5.32 Å². The Morgan fingerprint density at radius 1 is 1.25 bits per heavy atom. The first-order valence-corrected chi connectivity index (χ1v) is 8.06. The van der Waals surface area contributed by atoms with Crippen LogP contribution in [0.2, 0.25) is 0 Å². The van der Waals surface area contributed by atoms with Crippen molar-refractivity contribution in [2.75, 3.05) is 6.54 Å². The van der Waals surface area contributed by atoms with Crippen molar-refractivity contribution in [1.29, 1.82) is 0 Å². The van der Waals surface area contributed by atoms with Gasteiger partial charge in [-0.25, -0.2) is 4.98 Å². The van der Waals surface area contributed by atoms with Crippen LogP contribution in [0.4, 0.5) is 0 Å². The van der Waals surface area contributed by atoms with Crippen molar-refractivity contribution in [2.45, 2.75) is 37.6 Å². The van der Waals surface area contributed by atoms with Crippen LogP contribution in [0.1, 0.15) is 36.6 Å². The first-order chi connectivity index (χ1) is 9.70. The second-order valence-electron chi connectivity index (χ2n) is 4.92. The minimum atomic E-state index is 0.376. The van der Waals surface area contributed by atoms with E-state index < -0.39 is 0 Å². The van der Waals surface area contributed by atoms with E-state index in [-0.39, 0.29) is 0 Å². The lowest BCUT2D eigenvalue weighted by atomic mass is 10.1. The van der Waals surface area contributed by atoms with E-state index in [2.05, 4.69) is 67.5 Å². The number of hydrogen-bond acceptors (Lipinski definition) is 3. The molecular formula is C17H22N2S. The molecule has 20 heavy (non-hydrogen) atoms. The fourth-order valence-corrected chi connectivity index (χ4v) is 3.10. The van der Waals surface area contributed by atoms with Crippen molar-refractivity contribution >= 4 is 11.8 Å². The normalized spacial score (nSPS) is 12.3.